The van der Waals surface area contributed by atoms with Gasteiger partial charge in [0.15, 0.2) is 0 Å². The quantitative estimate of drug-likeness (QED) is 0.406. The number of benzene rings is 2. The molecule has 196 valence electrons. The van der Waals surface area contributed by atoms with Crippen LogP contribution in [0.15, 0.2) is 58.1 Å². The summed E-state index contributed by atoms with van der Waals surface area (Å²) in [4.78, 5) is 51.3. The predicted octanol–water partition coefficient (Wildman–Crippen LogP) is 1.56. The number of carbonyl (C=O) groups is 2. The molecule has 37 heavy (non-hydrogen) atoms. The van der Waals surface area contributed by atoms with Crippen LogP contribution in [0, 0.1) is 0 Å². The molecule has 4 rings (SSSR count). The molecule has 0 aliphatic carbocycles. The summed E-state index contributed by atoms with van der Waals surface area (Å²) in [7, 11) is 1.57. The minimum absolute atomic E-state index is 0.0134. The van der Waals surface area contributed by atoms with Crippen LogP contribution in [0.4, 0.5) is 0 Å². The van der Waals surface area contributed by atoms with Crippen LogP contribution < -0.4 is 26.6 Å². The minimum Gasteiger partial charge on any atom is -0.496 e. The van der Waals surface area contributed by atoms with E-state index >= 15 is 0 Å². The van der Waals surface area contributed by atoms with E-state index in [2.05, 4.69) is 10.6 Å². The van der Waals surface area contributed by atoms with E-state index in [-0.39, 0.29) is 43.8 Å². The van der Waals surface area contributed by atoms with Crippen molar-refractivity contribution in [2.75, 3.05) is 20.3 Å². The molecule has 2 amide bonds. The van der Waals surface area contributed by atoms with Crippen molar-refractivity contribution in [3.63, 3.8) is 0 Å². The van der Waals surface area contributed by atoms with E-state index in [1.807, 2.05) is 24.3 Å². The fraction of sp³-hybridized carbons (Fsp3) is 0.407. The van der Waals surface area contributed by atoms with E-state index in [0.29, 0.717) is 36.3 Å². The fourth-order valence-electron chi connectivity index (χ4n) is 4.48. The van der Waals surface area contributed by atoms with Crippen molar-refractivity contribution in [3.8, 4) is 5.75 Å². The number of aromatic nitrogens is 2. The van der Waals surface area contributed by atoms with Gasteiger partial charge in [-0.1, -0.05) is 30.3 Å². The Hall–Kier alpha value is -3.92. The molecule has 2 N–H and O–H groups in total. The van der Waals surface area contributed by atoms with Crippen LogP contribution in [-0.4, -0.2) is 47.3 Å². The zero-order valence-corrected chi connectivity index (χ0v) is 20.9. The summed E-state index contributed by atoms with van der Waals surface area (Å²) in [5.74, 6) is 0.156. The summed E-state index contributed by atoms with van der Waals surface area (Å²) < 4.78 is 13.2. The van der Waals surface area contributed by atoms with Crippen LogP contribution >= 0.6 is 0 Å². The first-order valence-corrected chi connectivity index (χ1v) is 12.5. The van der Waals surface area contributed by atoms with E-state index in [4.69, 9.17) is 9.47 Å². The second-order valence-electron chi connectivity index (χ2n) is 8.97. The summed E-state index contributed by atoms with van der Waals surface area (Å²) in [5, 5.41) is 6.00. The van der Waals surface area contributed by atoms with Gasteiger partial charge in [0.05, 0.1) is 24.1 Å². The highest BCUT2D eigenvalue weighted by molar-refractivity contribution is 5.81. The molecule has 1 fully saturated rings. The zero-order valence-electron chi connectivity index (χ0n) is 20.9. The summed E-state index contributed by atoms with van der Waals surface area (Å²) in [6.45, 7) is 1.23. The number of ether oxygens (including phenoxy) is 2. The second-order valence-corrected chi connectivity index (χ2v) is 8.97. The molecule has 1 saturated heterocycles. The van der Waals surface area contributed by atoms with E-state index in [1.54, 1.807) is 31.4 Å². The number of methoxy groups -OCH3 is 1. The number of hydrogen-bond donors (Lipinski definition) is 2. The van der Waals surface area contributed by atoms with Crippen LogP contribution in [0.1, 0.15) is 31.2 Å². The predicted molar refractivity (Wildman–Crippen MR) is 139 cm³/mol. The first-order chi connectivity index (χ1) is 18.0. The average Bonchev–Trinajstić information content (AvgIpc) is 3.44. The van der Waals surface area contributed by atoms with E-state index < -0.39 is 11.2 Å². The number of amides is 2. The van der Waals surface area contributed by atoms with Gasteiger partial charge in [0, 0.05) is 38.2 Å². The highest BCUT2D eigenvalue weighted by atomic mass is 16.5. The van der Waals surface area contributed by atoms with Crippen molar-refractivity contribution >= 4 is 22.7 Å². The molecule has 2 aromatic carbocycles. The summed E-state index contributed by atoms with van der Waals surface area (Å²) in [6, 6.07) is 14.1. The topological polar surface area (TPSA) is 121 Å². The first kappa shape index (κ1) is 26.2. The lowest BCUT2D eigenvalue weighted by molar-refractivity contribution is -0.122. The Morgan fingerprint density at radius 2 is 1.81 bits per heavy atom. The van der Waals surface area contributed by atoms with Gasteiger partial charge in [0.2, 0.25) is 11.8 Å². The normalized spacial score (nSPS) is 15.0. The standard InChI is InChI=1S/C27H32N4O6/c1-36-23-12-5-2-8-19(23)16-28-24(32)13-6-14-30-26(34)21-10-3-4-11-22(21)31(27(30)35)18-25(33)29-17-20-9-7-15-37-20/h2-5,8,10-12,20H,6-7,9,13-18H2,1H3,(H,28,32)(H,29,33)/t20-/m1/s1. The largest absolute Gasteiger partial charge is 0.496 e. The van der Waals surface area contributed by atoms with Gasteiger partial charge >= 0.3 is 5.69 Å². The van der Waals surface area contributed by atoms with E-state index in [1.165, 1.54) is 4.57 Å². The second kappa shape index (κ2) is 12.4. The third-order valence-electron chi connectivity index (χ3n) is 6.44. The molecular weight excluding hydrogens is 476 g/mol. The molecule has 10 nitrogen and oxygen atoms in total. The molecule has 1 aliphatic rings. The number of nitrogens with one attached hydrogen (secondary N) is 2. The molecule has 0 bridgehead atoms. The van der Waals surface area contributed by atoms with Gasteiger partial charge in [-0.05, 0) is 37.5 Å². The molecule has 1 atom stereocenters. The molecule has 0 radical (unpaired) electrons. The number of rotatable bonds is 11. The molecule has 0 saturated carbocycles. The third kappa shape index (κ3) is 6.45. The lowest BCUT2D eigenvalue weighted by atomic mass is 10.2. The smallest absolute Gasteiger partial charge is 0.331 e. The van der Waals surface area contributed by atoms with Gasteiger partial charge in [-0.15, -0.1) is 0 Å². The van der Waals surface area contributed by atoms with Crippen molar-refractivity contribution < 1.29 is 19.1 Å². The molecule has 0 unspecified atom stereocenters. The van der Waals surface area contributed by atoms with Gasteiger partial charge in [-0.2, -0.15) is 0 Å². The molecule has 1 aliphatic heterocycles. The monoisotopic (exact) mass is 508 g/mol. The minimum atomic E-state index is -0.578. The van der Waals surface area contributed by atoms with Crippen molar-refractivity contribution in [2.45, 2.75) is 51.4 Å². The molecule has 10 heteroatoms. The maximum Gasteiger partial charge on any atom is 0.331 e. The van der Waals surface area contributed by atoms with Crippen LogP contribution in [0.2, 0.25) is 0 Å². The number of fused-ring (bicyclic) bond motifs is 1. The Morgan fingerprint density at radius 3 is 2.59 bits per heavy atom. The van der Waals surface area contributed by atoms with Crippen molar-refractivity contribution in [1.82, 2.24) is 19.8 Å². The van der Waals surface area contributed by atoms with Crippen molar-refractivity contribution in [1.29, 1.82) is 0 Å². The highest BCUT2D eigenvalue weighted by Gasteiger charge is 2.18. The Kier molecular flexibility index (Phi) is 8.73. The molecule has 0 spiro atoms. The lowest BCUT2D eigenvalue weighted by Gasteiger charge is -2.15. The lowest BCUT2D eigenvalue weighted by Crippen LogP contribution is -2.43. The van der Waals surface area contributed by atoms with Crippen molar-refractivity contribution in [3.05, 3.63) is 74.9 Å². The SMILES string of the molecule is COc1ccccc1CNC(=O)CCCn1c(=O)c2ccccc2n(CC(=O)NC[C@H]2CCCO2)c1=O. The Morgan fingerprint density at radius 1 is 1.03 bits per heavy atom. The van der Waals surface area contributed by atoms with Gasteiger partial charge in [-0.3, -0.25) is 23.5 Å². The molecular formula is C27H32N4O6. The van der Waals surface area contributed by atoms with Crippen LogP contribution in [0.25, 0.3) is 10.9 Å². The van der Waals surface area contributed by atoms with Gasteiger partial charge in [0.25, 0.3) is 5.56 Å². The maximum atomic E-state index is 13.3. The first-order valence-electron chi connectivity index (χ1n) is 12.5. The third-order valence-corrected chi connectivity index (χ3v) is 6.44. The zero-order chi connectivity index (χ0) is 26.2. The van der Waals surface area contributed by atoms with E-state index in [0.717, 1.165) is 23.0 Å². The van der Waals surface area contributed by atoms with Gasteiger partial charge in [-0.25, -0.2) is 4.79 Å². The Balaban J connectivity index is 1.42. The fourth-order valence-corrected chi connectivity index (χ4v) is 4.48. The maximum absolute atomic E-state index is 13.3. The van der Waals surface area contributed by atoms with Gasteiger partial charge in [0.1, 0.15) is 12.3 Å². The summed E-state index contributed by atoms with van der Waals surface area (Å²) in [5.41, 5.74) is 0.233. The number of hydrogen-bond acceptors (Lipinski definition) is 6. The number of carbonyl (C=O) groups excluding carboxylic acids is 2. The Bertz CT molecular complexity index is 1370. The highest BCUT2D eigenvalue weighted by Crippen LogP contribution is 2.16. The molecule has 1 aromatic heterocycles. The summed E-state index contributed by atoms with van der Waals surface area (Å²) in [6.07, 6.45) is 2.27. The number of para-hydroxylation sites is 2. The van der Waals surface area contributed by atoms with E-state index in [9.17, 15) is 19.2 Å². The van der Waals surface area contributed by atoms with Crippen LogP contribution in [0.3, 0.4) is 0 Å². The Labute approximate surface area is 214 Å². The van der Waals surface area contributed by atoms with Crippen molar-refractivity contribution in [2.24, 2.45) is 0 Å². The summed E-state index contributed by atoms with van der Waals surface area (Å²) >= 11 is 0. The van der Waals surface area contributed by atoms with Crippen LogP contribution in [0.5, 0.6) is 5.75 Å². The molecule has 3 aromatic rings. The average molecular weight is 509 g/mol. The van der Waals surface area contributed by atoms with Gasteiger partial charge < -0.3 is 20.1 Å². The number of nitrogens with zero attached hydrogens (tertiary/aromatic N) is 2. The van der Waals surface area contributed by atoms with Crippen LogP contribution in [-0.2, 0) is 34.0 Å². The molecule has 2 heterocycles.